The Kier molecular flexibility index (Phi) is 8.42. The van der Waals surface area contributed by atoms with Gasteiger partial charge in [-0.3, -0.25) is 4.79 Å². The van der Waals surface area contributed by atoms with Gasteiger partial charge >= 0.3 is 5.97 Å². The van der Waals surface area contributed by atoms with Crippen molar-refractivity contribution in [1.82, 2.24) is 15.0 Å². The van der Waals surface area contributed by atoms with Crippen LogP contribution in [0.3, 0.4) is 0 Å². The molecule has 0 saturated carbocycles. The molecule has 10 nitrogen and oxygen atoms in total. The Labute approximate surface area is 244 Å². The average molecular weight is 596 g/mol. The van der Waals surface area contributed by atoms with Gasteiger partial charge in [-0.05, 0) is 59.7 Å². The molecule has 0 saturated heterocycles. The topological polar surface area (TPSA) is 111 Å². The fourth-order valence-corrected chi connectivity index (χ4v) is 4.34. The molecule has 2 heterocycles. The second-order valence-corrected chi connectivity index (χ2v) is 9.59. The van der Waals surface area contributed by atoms with Crippen LogP contribution < -0.4 is 18.9 Å². The van der Waals surface area contributed by atoms with E-state index in [-0.39, 0.29) is 36.3 Å². The number of ketones is 1. The van der Waals surface area contributed by atoms with Crippen molar-refractivity contribution >= 4 is 46.6 Å². The number of fused-ring (bicyclic) bond motifs is 1. The van der Waals surface area contributed by atoms with Crippen molar-refractivity contribution in [2.75, 3.05) is 21.0 Å². The molecule has 1 aliphatic heterocycles. The predicted octanol–water partition coefficient (Wildman–Crippen LogP) is 5.50. The molecule has 1 aliphatic rings. The quantitative estimate of drug-likeness (QED) is 0.101. The van der Waals surface area contributed by atoms with E-state index < -0.39 is 5.97 Å². The van der Waals surface area contributed by atoms with E-state index in [2.05, 4.69) is 10.3 Å². The summed E-state index contributed by atoms with van der Waals surface area (Å²) in [6, 6.07) is 15.1. The van der Waals surface area contributed by atoms with Gasteiger partial charge in [0.05, 0.1) is 36.0 Å². The zero-order valence-corrected chi connectivity index (χ0v) is 23.4. The largest absolute Gasteiger partial charge is 0.493 e. The summed E-state index contributed by atoms with van der Waals surface area (Å²) >= 11 is 11.9. The Hall–Kier alpha value is -4.54. The summed E-state index contributed by atoms with van der Waals surface area (Å²) in [4.78, 5) is 26.0. The molecule has 12 heteroatoms. The Morgan fingerprint density at radius 3 is 2.49 bits per heavy atom. The maximum Gasteiger partial charge on any atom is 0.339 e. The van der Waals surface area contributed by atoms with Crippen molar-refractivity contribution in [2.45, 2.75) is 13.2 Å². The lowest BCUT2D eigenvalue weighted by Crippen LogP contribution is -2.11. The first-order valence-electron chi connectivity index (χ1n) is 12.2. The number of carbonyl (C=O) groups excluding carboxylic acids is 2. The highest BCUT2D eigenvalue weighted by molar-refractivity contribution is 6.42. The van der Waals surface area contributed by atoms with Gasteiger partial charge in [-0.25, -0.2) is 9.48 Å². The van der Waals surface area contributed by atoms with Crippen LogP contribution in [0.15, 0.2) is 60.8 Å². The molecule has 0 amide bonds. The predicted molar refractivity (Wildman–Crippen MR) is 151 cm³/mol. The molecule has 3 aromatic carbocycles. The van der Waals surface area contributed by atoms with E-state index in [1.54, 1.807) is 61.7 Å². The summed E-state index contributed by atoms with van der Waals surface area (Å²) in [5, 5.41) is 8.63. The highest BCUT2D eigenvalue weighted by Gasteiger charge is 2.20. The minimum Gasteiger partial charge on any atom is -0.493 e. The number of halogens is 2. The van der Waals surface area contributed by atoms with Crippen molar-refractivity contribution in [3.63, 3.8) is 0 Å². The third-order valence-electron chi connectivity index (χ3n) is 6.11. The second kappa shape index (κ2) is 12.3. The SMILES string of the molecule is COc1ccc(/C=C(/C(=O)OCc2cn(CC(=O)c3ccc(Cl)c(Cl)c3)nn2)c2ccc3c(c2)OCO3)cc1OC. The van der Waals surface area contributed by atoms with Gasteiger partial charge < -0.3 is 23.7 Å². The highest BCUT2D eigenvalue weighted by Crippen LogP contribution is 2.36. The molecular formula is C29H23Cl2N3O7. The number of carbonyl (C=O) groups is 2. The first-order chi connectivity index (χ1) is 19.8. The van der Waals surface area contributed by atoms with E-state index in [0.717, 1.165) is 0 Å². The summed E-state index contributed by atoms with van der Waals surface area (Å²) in [6.07, 6.45) is 3.20. The number of methoxy groups -OCH3 is 2. The molecule has 0 unspecified atom stereocenters. The van der Waals surface area contributed by atoms with Crippen LogP contribution in [-0.2, 0) is 22.7 Å². The zero-order chi connectivity index (χ0) is 28.9. The van der Waals surface area contributed by atoms with E-state index >= 15 is 0 Å². The molecule has 0 bridgehead atoms. The molecule has 1 aromatic heterocycles. The summed E-state index contributed by atoms with van der Waals surface area (Å²) in [5.74, 6) is 1.31. The van der Waals surface area contributed by atoms with Crippen molar-refractivity contribution in [2.24, 2.45) is 0 Å². The number of ether oxygens (including phenoxy) is 5. The summed E-state index contributed by atoms with van der Waals surface area (Å²) in [6.45, 7) is -0.157. The maximum absolute atomic E-state index is 13.4. The average Bonchev–Trinajstić information content (AvgIpc) is 3.64. The van der Waals surface area contributed by atoms with E-state index in [1.165, 1.54) is 24.1 Å². The van der Waals surface area contributed by atoms with Gasteiger partial charge in [0.2, 0.25) is 6.79 Å². The minimum absolute atomic E-state index is 0.0828. The minimum atomic E-state index is -0.611. The Morgan fingerprint density at radius 1 is 0.927 bits per heavy atom. The molecule has 0 fully saturated rings. The lowest BCUT2D eigenvalue weighted by atomic mass is 10.0. The van der Waals surface area contributed by atoms with Gasteiger partial charge in [0.25, 0.3) is 0 Å². The standard InChI is InChI=1S/C29H23Cl2N3O7/c1-37-25-7-3-17(10-27(25)38-2)9-21(18-5-8-26-28(12-18)41-16-40-26)29(36)39-15-20-13-34(33-32-20)14-24(35)19-4-6-22(30)23(31)11-19/h3-13H,14-16H2,1-2H3/b21-9+. The molecule has 0 spiro atoms. The van der Waals surface area contributed by atoms with Gasteiger partial charge in [0, 0.05) is 5.56 Å². The summed E-state index contributed by atoms with van der Waals surface area (Å²) in [7, 11) is 3.08. The van der Waals surface area contributed by atoms with Crippen LogP contribution in [0.1, 0.15) is 27.2 Å². The van der Waals surface area contributed by atoms with Crippen molar-refractivity contribution in [3.8, 4) is 23.0 Å². The number of hydrogen-bond donors (Lipinski definition) is 0. The van der Waals surface area contributed by atoms with Gasteiger partial charge in [-0.2, -0.15) is 0 Å². The fourth-order valence-electron chi connectivity index (χ4n) is 4.04. The second-order valence-electron chi connectivity index (χ2n) is 8.78. The molecule has 41 heavy (non-hydrogen) atoms. The highest BCUT2D eigenvalue weighted by atomic mass is 35.5. The number of hydrogen-bond acceptors (Lipinski definition) is 9. The third-order valence-corrected chi connectivity index (χ3v) is 6.85. The van der Waals surface area contributed by atoms with Crippen LogP contribution >= 0.6 is 23.2 Å². The molecule has 4 aromatic rings. The lowest BCUT2D eigenvalue weighted by Gasteiger charge is -2.11. The Bertz CT molecular complexity index is 1650. The van der Waals surface area contributed by atoms with Gasteiger partial charge in [0.1, 0.15) is 18.8 Å². The zero-order valence-electron chi connectivity index (χ0n) is 21.9. The van der Waals surface area contributed by atoms with Crippen molar-refractivity contribution in [1.29, 1.82) is 0 Å². The molecule has 0 radical (unpaired) electrons. The van der Waals surface area contributed by atoms with Gasteiger partial charge in [-0.15, -0.1) is 5.10 Å². The molecule has 5 rings (SSSR count). The lowest BCUT2D eigenvalue weighted by molar-refractivity contribution is -0.137. The van der Waals surface area contributed by atoms with Crippen LogP contribution in [0.2, 0.25) is 10.0 Å². The molecular weight excluding hydrogens is 573 g/mol. The number of esters is 1. The monoisotopic (exact) mass is 595 g/mol. The van der Waals surface area contributed by atoms with Crippen LogP contribution in [0, 0.1) is 0 Å². The molecule has 0 atom stereocenters. The molecule has 0 N–H and O–H groups in total. The molecule has 0 aliphatic carbocycles. The fraction of sp³-hybridized carbons (Fsp3) is 0.172. The van der Waals surface area contributed by atoms with Gasteiger partial charge in [-0.1, -0.05) is 40.5 Å². The number of rotatable bonds is 10. The third kappa shape index (κ3) is 6.45. The molecule has 210 valence electrons. The Balaban J connectivity index is 1.33. The van der Waals surface area contributed by atoms with E-state index in [9.17, 15) is 9.59 Å². The Morgan fingerprint density at radius 2 is 1.71 bits per heavy atom. The number of aromatic nitrogens is 3. The van der Waals surface area contributed by atoms with E-state index in [0.29, 0.717) is 50.4 Å². The summed E-state index contributed by atoms with van der Waals surface area (Å²) < 4.78 is 28.6. The van der Waals surface area contributed by atoms with Crippen LogP contribution in [0.4, 0.5) is 0 Å². The van der Waals surface area contributed by atoms with Crippen LogP contribution in [0.25, 0.3) is 11.6 Å². The van der Waals surface area contributed by atoms with Crippen molar-refractivity contribution < 1.29 is 33.3 Å². The first kappa shape index (κ1) is 28.0. The number of nitrogens with zero attached hydrogens (tertiary/aromatic N) is 3. The maximum atomic E-state index is 13.4. The number of benzene rings is 3. The van der Waals surface area contributed by atoms with E-state index in [4.69, 9.17) is 46.9 Å². The van der Waals surface area contributed by atoms with Gasteiger partial charge in [0.15, 0.2) is 28.8 Å². The van der Waals surface area contributed by atoms with E-state index in [1.807, 2.05) is 0 Å². The summed E-state index contributed by atoms with van der Waals surface area (Å²) in [5.41, 5.74) is 2.25. The smallest absolute Gasteiger partial charge is 0.339 e. The van der Waals surface area contributed by atoms with Crippen LogP contribution in [0.5, 0.6) is 23.0 Å². The number of Topliss-reactive ketones (excluding diaryl/α,β-unsaturated/α-hetero) is 1. The van der Waals surface area contributed by atoms with Crippen molar-refractivity contribution in [3.05, 3.63) is 93.2 Å². The normalized spacial score (nSPS) is 12.2. The first-order valence-corrected chi connectivity index (χ1v) is 13.0. The van der Waals surface area contributed by atoms with Crippen LogP contribution in [-0.4, -0.2) is 47.8 Å².